The van der Waals surface area contributed by atoms with Crippen LogP contribution in [0.25, 0.3) is 0 Å². The van der Waals surface area contributed by atoms with Gasteiger partial charge in [0.25, 0.3) is 0 Å². The van der Waals surface area contributed by atoms with Gasteiger partial charge >= 0.3 is 0 Å². The molecule has 0 saturated heterocycles. The van der Waals surface area contributed by atoms with Gasteiger partial charge in [0.1, 0.15) is 0 Å². The highest BCUT2D eigenvalue weighted by Crippen LogP contribution is 2.11. The van der Waals surface area contributed by atoms with Gasteiger partial charge in [-0.2, -0.15) is 0 Å². The maximum atomic E-state index is 11.4. The van der Waals surface area contributed by atoms with Crippen LogP contribution in [0.15, 0.2) is 0 Å². The van der Waals surface area contributed by atoms with E-state index in [1.807, 2.05) is 34.6 Å². The molecule has 0 saturated carbocycles. The maximum Gasteiger partial charge on any atom is 0.237 e. The van der Waals surface area contributed by atoms with E-state index >= 15 is 0 Å². The van der Waals surface area contributed by atoms with Gasteiger partial charge < -0.3 is 0 Å². The van der Waals surface area contributed by atoms with Gasteiger partial charge in [-0.05, 0) is 26.7 Å². The van der Waals surface area contributed by atoms with Crippen molar-refractivity contribution < 1.29 is 4.79 Å². The van der Waals surface area contributed by atoms with E-state index in [0.717, 1.165) is 0 Å². The molecule has 0 heterocycles. The predicted octanol–water partition coefficient (Wildman–Crippen LogP) is 1.53. The van der Waals surface area contributed by atoms with Crippen LogP contribution < -0.4 is 5.84 Å². The second-order valence-corrected chi connectivity index (χ2v) is 4.53. The van der Waals surface area contributed by atoms with E-state index in [-0.39, 0.29) is 11.4 Å². The molecule has 0 fully saturated rings. The molecule has 0 spiro atoms. The molecule has 0 aromatic carbocycles. The van der Waals surface area contributed by atoms with E-state index in [9.17, 15) is 4.79 Å². The van der Waals surface area contributed by atoms with E-state index < -0.39 is 0 Å². The van der Waals surface area contributed by atoms with Gasteiger partial charge in [0.2, 0.25) is 5.91 Å². The Kier molecular flexibility index (Phi) is 3.71. The van der Waals surface area contributed by atoms with Gasteiger partial charge in [-0.3, -0.25) is 9.80 Å². The Bertz CT molecular complexity index is 158. The van der Waals surface area contributed by atoms with E-state index in [4.69, 9.17) is 5.84 Å². The van der Waals surface area contributed by atoms with Crippen LogP contribution in [0.5, 0.6) is 0 Å². The van der Waals surface area contributed by atoms with Gasteiger partial charge in [0.15, 0.2) is 0 Å². The van der Waals surface area contributed by atoms with E-state index in [2.05, 4.69) is 0 Å². The summed E-state index contributed by atoms with van der Waals surface area (Å²) in [7, 11) is 0. The number of rotatable bonds is 2. The minimum absolute atomic E-state index is 0.0116. The Hall–Kier alpha value is -0.570. The number of amides is 1. The lowest BCUT2D eigenvalue weighted by Gasteiger charge is -2.31. The molecule has 0 aromatic rings. The molecule has 1 amide bonds. The van der Waals surface area contributed by atoms with Crippen LogP contribution in [0.4, 0.5) is 0 Å². The quantitative estimate of drug-likeness (QED) is 0.390. The van der Waals surface area contributed by atoms with Crippen LogP contribution in [0.1, 0.15) is 41.0 Å². The van der Waals surface area contributed by atoms with E-state index in [1.54, 1.807) is 0 Å². The van der Waals surface area contributed by atoms with Crippen molar-refractivity contribution in [3.8, 4) is 0 Å². The zero-order valence-corrected chi connectivity index (χ0v) is 8.72. The third-order valence-electron chi connectivity index (χ3n) is 1.57. The summed E-state index contributed by atoms with van der Waals surface area (Å²) in [6.07, 6.45) is 0.522. The second-order valence-electron chi connectivity index (χ2n) is 4.53. The summed E-state index contributed by atoms with van der Waals surface area (Å²) in [6, 6.07) is 0. The smallest absolute Gasteiger partial charge is 0.237 e. The summed E-state index contributed by atoms with van der Waals surface area (Å²) in [5.41, 5.74) is -0.272. The summed E-state index contributed by atoms with van der Waals surface area (Å²) in [6.45, 7) is 9.78. The molecule has 72 valence electrons. The number of hydrogen-bond donors (Lipinski definition) is 1. The fourth-order valence-corrected chi connectivity index (χ4v) is 0.822. The van der Waals surface area contributed by atoms with Gasteiger partial charge in [0, 0.05) is 6.42 Å². The normalized spacial score (nSPS) is 11.9. The summed E-state index contributed by atoms with van der Waals surface area (Å²) >= 11 is 0. The van der Waals surface area contributed by atoms with E-state index in [0.29, 0.717) is 12.3 Å². The highest BCUT2D eigenvalue weighted by atomic mass is 16.2. The number of nitrogens with zero attached hydrogens (tertiary/aromatic N) is 1. The molecular formula is C9H20N2O. The van der Waals surface area contributed by atoms with Crippen LogP contribution in [0.2, 0.25) is 0 Å². The van der Waals surface area contributed by atoms with Crippen molar-refractivity contribution in [1.82, 2.24) is 5.01 Å². The fourth-order valence-electron chi connectivity index (χ4n) is 0.822. The molecule has 0 bridgehead atoms. The van der Waals surface area contributed by atoms with Crippen molar-refractivity contribution in [1.29, 1.82) is 0 Å². The van der Waals surface area contributed by atoms with Crippen LogP contribution in [-0.2, 0) is 4.79 Å². The molecule has 0 atom stereocenters. The lowest BCUT2D eigenvalue weighted by molar-refractivity contribution is -0.137. The number of nitrogens with two attached hydrogens (primary N) is 1. The first kappa shape index (κ1) is 11.4. The Balaban J connectivity index is 4.12. The van der Waals surface area contributed by atoms with Crippen molar-refractivity contribution in [2.45, 2.75) is 46.6 Å². The Morgan fingerprint density at radius 3 is 2.08 bits per heavy atom. The average Bonchev–Trinajstić information content (AvgIpc) is 1.82. The fraction of sp³-hybridized carbons (Fsp3) is 0.889. The molecular weight excluding hydrogens is 152 g/mol. The van der Waals surface area contributed by atoms with Crippen molar-refractivity contribution in [3.63, 3.8) is 0 Å². The molecule has 0 aromatic heterocycles. The molecule has 0 aliphatic carbocycles. The first-order valence-electron chi connectivity index (χ1n) is 4.33. The van der Waals surface area contributed by atoms with Crippen molar-refractivity contribution >= 4 is 5.91 Å². The predicted molar refractivity (Wildman–Crippen MR) is 50.2 cm³/mol. The molecule has 0 aliphatic heterocycles. The minimum Gasteiger partial charge on any atom is -0.275 e. The molecule has 3 nitrogen and oxygen atoms in total. The zero-order valence-electron chi connectivity index (χ0n) is 8.72. The van der Waals surface area contributed by atoms with Gasteiger partial charge in [-0.1, -0.05) is 13.8 Å². The second kappa shape index (κ2) is 3.90. The van der Waals surface area contributed by atoms with Crippen LogP contribution in [0, 0.1) is 5.92 Å². The lowest BCUT2D eigenvalue weighted by Crippen LogP contribution is -2.50. The zero-order chi connectivity index (χ0) is 9.94. The summed E-state index contributed by atoms with van der Waals surface area (Å²) < 4.78 is 0. The average molecular weight is 172 g/mol. The molecule has 3 heteroatoms. The van der Waals surface area contributed by atoms with Gasteiger partial charge in [-0.25, -0.2) is 5.84 Å². The topological polar surface area (TPSA) is 46.3 Å². The number of carbonyl (C=O) groups is 1. The number of hydrazine groups is 1. The first-order chi connectivity index (χ1) is 5.25. The Morgan fingerprint density at radius 1 is 1.42 bits per heavy atom. The monoisotopic (exact) mass is 172 g/mol. The largest absolute Gasteiger partial charge is 0.275 e. The summed E-state index contributed by atoms with van der Waals surface area (Å²) in [4.78, 5) is 11.4. The summed E-state index contributed by atoms with van der Waals surface area (Å²) in [5, 5.41) is 1.31. The molecule has 0 rings (SSSR count). The lowest BCUT2D eigenvalue weighted by atomic mass is 10.1. The SMILES string of the molecule is CC(C)CC(=O)N(N)C(C)(C)C. The van der Waals surface area contributed by atoms with Gasteiger partial charge in [-0.15, -0.1) is 0 Å². The molecule has 0 unspecified atom stereocenters. The summed E-state index contributed by atoms with van der Waals surface area (Å²) in [5.74, 6) is 6.00. The molecule has 0 aliphatic rings. The Morgan fingerprint density at radius 2 is 1.83 bits per heavy atom. The number of carbonyl (C=O) groups excluding carboxylic acids is 1. The molecule has 12 heavy (non-hydrogen) atoms. The minimum atomic E-state index is -0.272. The third kappa shape index (κ3) is 3.72. The maximum absolute atomic E-state index is 11.4. The first-order valence-corrected chi connectivity index (χ1v) is 4.33. The molecule has 2 N–H and O–H groups in total. The highest BCUT2D eigenvalue weighted by Gasteiger charge is 2.23. The standard InChI is InChI=1S/C9H20N2O/c1-7(2)6-8(12)11(10)9(3,4)5/h7H,6,10H2,1-5H3. The Labute approximate surface area is 74.9 Å². The van der Waals surface area contributed by atoms with Crippen molar-refractivity contribution in [2.75, 3.05) is 0 Å². The van der Waals surface area contributed by atoms with Crippen molar-refractivity contribution in [3.05, 3.63) is 0 Å². The third-order valence-corrected chi connectivity index (χ3v) is 1.57. The molecule has 0 radical (unpaired) electrons. The van der Waals surface area contributed by atoms with Gasteiger partial charge in [0.05, 0.1) is 5.54 Å². The van der Waals surface area contributed by atoms with Crippen LogP contribution in [-0.4, -0.2) is 16.5 Å². The van der Waals surface area contributed by atoms with Crippen LogP contribution in [0.3, 0.4) is 0 Å². The highest BCUT2D eigenvalue weighted by molar-refractivity contribution is 5.76. The van der Waals surface area contributed by atoms with Crippen molar-refractivity contribution in [2.24, 2.45) is 11.8 Å². The number of hydrogen-bond acceptors (Lipinski definition) is 2. The van der Waals surface area contributed by atoms with Crippen LogP contribution >= 0.6 is 0 Å². The van der Waals surface area contributed by atoms with E-state index in [1.165, 1.54) is 5.01 Å².